The van der Waals surface area contributed by atoms with Crippen LogP contribution in [-0.2, 0) is 0 Å². The van der Waals surface area contributed by atoms with Crippen LogP contribution in [-0.4, -0.2) is 29.2 Å². The molecule has 25 heavy (non-hydrogen) atoms. The summed E-state index contributed by atoms with van der Waals surface area (Å²) in [5.74, 6) is 0.193. The van der Waals surface area contributed by atoms with E-state index in [0.29, 0.717) is 24.7 Å². The van der Waals surface area contributed by atoms with Gasteiger partial charge in [-0.05, 0) is 37.1 Å². The van der Waals surface area contributed by atoms with E-state index in [0.717, 1.165) is 19.3 Å². The minimum absolute atomic E-state index is 0.110. The van der Waals surface area contributed by atoms with Crippen molar-refractivity contribution in [1.82, 2.24) is 0 Å². The number of benzene rings is 2. The average molecular weight is 344 g/mol. The van der Waals surface area contributed by atoms with Crippen LogP contribution in [0.3, 0.4) is 0 Å². The number of phenolic OH excluding ortho intramolecular Hbond substituents is 2. The molecule has 2 aromatic carbocycles. The number of hydrogen-bond acceptors (Lipinski definition) is 5. The first kappa shape index (κ1) is 18.6. The van der Waals surface area contributed by atoms with Gasteiger partial charge in [0, 0.05) is 12.1 Å². The molecule has 2 aromatic rings. The topological polar surface area (TPSA) is 76.0 Å². The summed E-state index contributed by atoms with van der Waals surface area (Å²) in [6, 6.07) is 9.08. The zero-order chi connectivity index (χ0) is 18.2. The van der Waals surface area contributed by atoms with Gasteiger partial charge in [0.2, 0.25) is 0 Å². The van der Waals surface area contributed by atoms with Crippen LogP contribution in [0.4, 0.5) is 0 Å². The van der Waals surface area contributed by atoms with Gasteiger partial charge in [0.25, 0.3) is 0 Å². The number of hydrogen-bond donors (Lipinski definition) is 2. The number of aromatic hydroxyl groups is 2. The molecule has 5 heteroatoms. The van der Waals surface area contributed by atoms with E-state index in [-0.39, 0.29) is 22.6 Å². The van der Waals surface area contributed by atoms with Gasteiger partial charge in [-0.1, -0.05) is 20.3 Å². The van der Waals surface area contributed by atoms with Crippen LogP contribution in [0.15, 0.2) is 36.4 Å². The fraction of sp³-hybridized carbons (Fsp3) is 0.350. The summed E-state index contributed by atoms with van der Waals surface area (Å²) in [6.07, 6.45) is 2.78. The van der Waals surface area contributed by atoms with E-state index in [2.05, 4.69) is 6.92 Å². The monoisotopic (exact) mass is 344 g/mol. The lowest BCUT2D eigenvalue weighted by atomic mass is 10.0. The molecule has 0 fully saturated rings. The number of rotatable bonds is 9. The van der Waals surface area contributed by atoms with Gasteiger partial charge in [0.15, 0.2) is 5.78 Å². The molecule has 0 unspecified atom stereocenters. The predicted octanol–water partition coefficient (Wildman–Crippen LogP) is 4.30. The molecule has 0 heterocycles. The van der Waals surface area contributed by atoms with Crippen molar-refractivity contribution < 1.29 is 24.5 Å². The number of carbonyl (C=O) groups is 1. The minimum Gasteiger partial charge on any atom is -0.507 e. The maximum Gasteiger partial charge on any atom is 0.200 e. The third kappa shape index (κ3) is 4.89. The summed E-state index contributed by atoms with van der Waals surface area (Å²) in [5.41, 5.74) is 0.221. The van der Waals surface area contributed by atoms with Gasteiger partial charge < -0.3 is 19.7 Å². The molecular formula is C20H24O5. The Morgan fingerprint density at radius 2 is 1.36 bits per heavy atom. The second-order valence-corrected chi connectivity index (χ2v) is 5.74. The highest BCUT2D eigenvalue weighted by Gasteiger charge is 2.18. The fourth-order valence-electron chi connectivity index (χ4n) is 2.29. The number of ether oxygens (including phenoxy) is 2. The number of ketones is 1. The largest absolute Gasteiger partial charge is 0.507 e. The molecule has 0 saturated heterocycles. The van der Waals surface area contributed by atoms with Gasteiger partial charge in [-0.15, -0.1) is 0 Å². The molecule has 0 radical (unpaired) electrons. The quantitative estimate of drug-likeness (QED) is 0.524. The third-order valence-electron chi connectivity index (χ3n) is 3.67. The van der Waals surface area contributed by atoms with E-state index >= 15 is 0 Å². The minimum atomic E-state index is -0.461. The Kier molecular flexibility index (Phi) is 6.69. The maximum absolute atomic E-state index is 12.6. The average Bonchev–Trinajstić information content (AvgIpc) is 2.60. The van der Waals surface area contributed by atoms with Crippen LogP contribution in [0.2, 0.25) is 0 Å². The summed E-state index contributed by atoms with van der Waals surface area (Å²) >= 11 is 0. The van der Waals surface area contributed by atoms with E-state index in [1.165, 1.54) is 24.3 Å². The van der Waals surface area contributed by atoms with E-state index in [1.54, 1.807) is 12.1 Å². The summed E-state index contributed by atoms with van der Waals surface area (Å²) in [4.78, 5) is 12.6. The highest BCUT2D eigenvalue weighted by atomic mass is 16.5. The highest BCUT2D eigenvalue weighted by molar-refractivity contribution is 6.12. The van der Waals surface area contributed by atoms with Crippen LogP contribution >= 0.6 is 0 Å². The smallest absolute Gasteiger partial charge is 0.200 e. The Bertz CT molecular complexity index is 724. The standard InChI is InChI=1S/C20H24O5/c1-3-5-11-25-15-7-9-17(19(22)13-15)20(23)16-8-6-14(12-18(16)21)24-10-4-2/h6-9,12-13,21-22H,3-5,10-11H2,1-2H3. The van der Waals surface area contributed by atoms with Crippen LogP contribution in [0, 0.1) is 0 Å². The van der Waals surface area contributed by atoms with Gasteiger partial charge in [0.1, 0.15) is 23.0 Å². The van der Waals surface area contributed by atoms with Crippen LogP contribution in [0.25, 0.3) is 0 Å². The summed E-state index contributed by atoms with van der Waals surface area (Å²) < 4.78 is 10.9. The second kappa shape index (κ2) is 8.97. The van der Waals surface area contributed by atoms with Crippen molar-refractivity contribution in [3.05, 3.63) is 47.5 Å². The molecule has 0 saturated carbocycles. The zero-order valence-corrected chi connectivity index (χ0v) is 14.6. The van der Waals surface area contributed by atoms with Crippen molar-refractivity contribution in [3.8, 4) is 23.0 Å². The van der Waals surface area contributed by atoms with Gasteiger partial charge in [-0.3, -0.25) is 4.79 Å². The number of unbranched alkanes of at least 4 members (excludes halogenated alkanes) is 1. The van der Waals surface area contributed by atoms with Crippen molar-refractivity contribution in [1.29, 1.82) is 0 Å². The maximum atomic E-state index is 12.6. The first-order valence-corrected chi connectivity index (χ1v) is 8.53. The summed E-state index contributed by atoms with van der Waals surface area (Å²) in [7, 11) is 0. The lowest BCUT2D eigenvalue weighted by Gasteiger charge is -2.10. The van der Waals surface area contributed by atoms with Crippen molar-refractivity contribution >= 4 is 5.78 Å². The third-order valence-corrected chi connectivity index (χ3v) is 3.67. The van der Waals surface area contributed by atoms with Gasteiger partial charge in [-0.2, -0.15) is 0 Å². The molecule has 0 aliphatic carbocycles. The molecule has 0 spiro atoms. The number of carbonyl (C=O) groups excluding carboxylic acids is 1. The molecule has 5 nitrogen and oxygen atoms in total. The zero-order valence-electron chi connectivity index (χ0n) is 14.6. The summed E-state index contributed by atoms with van der Waals surface area (Å²) in [6.45, 7) is 5.14. The van der Waals surface area contributed by atoms with E-state index < -0.39 is 5.78 Å². The molecule has 134 valence electrons. The van der Waals surface area contributed by atoms with Crippen molar-refractivity contribution in [2.24, 2.45) is 0 Å². The molecule has 0 amide bonds. The van der Waals surface area contributed by atoms with Gasteiger partial charge >= 0.3 is 0 Å². The first-order chi connectivity index (χ1) is 12.1. The molecule has 0 atom stereocenters. The van der Waals surface area contributed by atoms with Gasteiger partial charge in [-0.25, -0.2) is 0 Å². The van der Waals surface area contributed by atoms with Crippen LogP contribution < -0.4 is 9.47 Å². The highest BCUT2D eigenvalue weighted by Crippen LogP contribution is 2.30. The molecule has 2 N–H and O–H groups in total. The number of phenols is 2. The lowest BCUT2D eigenvalue weighted by molar-refractivity contribution is 0.103. The Morgan fingerprint density at radius 1 is 0.840 bits per heavy atom. The summed E-state index contributed by atoms with van der Waals surface area (Å²) in [5, 5.41) is 20.2. The Labute approximate surface area is 147 Å². The van der Waals surface area contributed by atoms with Crippen molar-refractivity contribution in [2.75, 3.05) is 13.2 Å². The van der Waals surface area contributed by atoms with E-state index in [4.69, 9.17) is 9.47 Å². The van der Waals surface area contributed by atoms with Crippen LogP contribution in [0.5, 0.6) is 23.0 Å². The Morgan fingerprint density at radius 3 is 1.80 bits per heavy atom. The second-order valence-electron chi connectivity index (χ2n) is 5.74. The van der Waals surface area contributed by atoms with Crippen LogP contribution in [0.1, 0.15) is 49.0 Å². The van der Waals surface area contributed by atoms with Crippen molar-refractivity contribution in [3.63, 3.8) is 0 Å². The first-order valence-electron chi connectivity index (χ1n) is 8.53. The molecule has 0 bridgehead atoms. The molecule has 0 aromatic heterocycles. The van der Waals surface area contributed by atoms with Gasteiger partial charge in [0.05, 0.1) is 24.3 Å². The molecule has 0 aliphatic heterocycles. The molecule has 2 rings (SSSR count). The predicted molar refractivity (Wildman–Crippen MR) is 95.8 cm³/mol. The normalized spacial score (nSPS) is 10.5. The fourth-order valence-corrected chi connectivity index (χ4v) is 2.29. The van der Waals surface area contributed by atoms with E-state index in [9.17, 15) is 15.0 Å². The van der Waals surface area contributed by atoms with E-state index in [1.807, 2.05) is 6.92 Å². The molecule has 0 aliphatic rings. The molecular weight excluding hydrogens is 320 g/mol. The lowest BCUT2D eigenvalue weighted by Crippen LogP contribution is -2.04. The Balaban J connectivity index is 2.17. The Hall–Kier alpha value is -2.69. The SMILES string of the molecule is CCCCOc1ccc(C(=O)c2ccc(OCCC)cc2O)c(O)c1. The van der Waals surface area contributed by atoms with Crippen molar-refractivity contribution in [2.45, 2.75) is 33.1 Å².